The number of fused-ring (bicyclic) bond motifs is 1. The number of hydrogen-bond donors (Lipinski definition) is 2. The Bertz CT molecular complexity index is 1190. The molecule has 6 heteroatoms. The largest absolute Gasteiger partial charge is 0.497 e. The molecule has 1 heterocycles. The molecule has 1 atom stereocenters. The first-order chi connectivity index (χ1) is 15.1. The molecule has 0 spiro atoms. The third-order valence-electron chi connectivity index (χ3n) is 5.25. The highest BCUT2D eigenvalue weighted by Crippen LogP contribution is 2.29. The van der Waals surface area contributed by atoms with Crippen LogP contribution in [0.5, 0.6) is 5.75 Å². The fraction of sp³-hybridized carbons (Fsp3) is 0.280. The summed E-state index contributed by atoms with van der Waals surface area (Å²) in [6, 6.07) is 15.1. The van der Waals surface area contributed by atoms with Gasteiger partial charge in [-0.15, -0.1) is 0 Å². The zero-order chi connectivity index (χ0) is 22.4. The minimum Gasteiger partial charge on any atom is -0.497 e. The first-order valence-electron chi connectivity index (χ1n) is 10.3. The number of amides is 1. The van der Waals surface area contributed by atoms with Crippen molar-refractivity contribution in [3.8, 4) is 23.7 Å². The van der Waals surface area contributed by atoms with E-state index in [2.05, 4.69) is 28.5 Å². The van der Waals surface area contributed by atoms with E-state index in [-0.39, 0.29) is 11.9 Å². The molecule has 0 saturated carbocycles. The van der Waals surface area contributed by atoms with Crippen molar-refractivity contribution in [2.45, 2.75) is 32.9 Å². The van der Waals surface area contributed by atoms with Crippen molar-refractivity contribution in [1.29, 1.82) is 5.26 Å². The first kappa shape index (κ1) is 22.0. The Balaban J connectivity index is 1.91. The van der Waals surface area contributed by atoms with Crippen LogP contribution in [0.15, 0.2) is 42.5 Å². The van der Waals surface area contributed by atoms with E-state index in [1.54, 1.807) is 14.2 Å². The molecule has 3 aromatic rings. The summed E-state index contributed by atoms with van der Waals surface area (Å²) in [4.78, 5) is 12.2. The van der Waals surface area contributed by atoms with E-state index >= 15 is 0 Å². The number of aryl methyl sites for hydroxylation is 1. The quantitative estimate of drug-likeness (QED) is 0.600. The number of rotatable bonds is 6. The second kappa shape index (κ2) is 9.84. The molecule has 0 aliphatic heterocycles. The zero-order valence-electron chi connectivity index (χ0n) is 18.2. The molecule has 0 aliphatic carbocycles. The molecule has 2 aromatic carbocycles. The van der Waals surface area contributed by atoms with Crippen LogP contribution in [0, 0.1) is 23.2 Å². The number of aromatic nitrogens is 1. The van der Waals surface area contributed by atoms with Crippen LogP contribution >= 0.6 is 0 Å². The number of nitrogens with zero attached hydrogens (tertiary/aromatic N) is 2. The van der Waals surface area contributed by atoms with Crippen LogP contribution in [0.1, 0.15) is 37.1 Å². The lowest BCUT2D eigenvalue weighted by Crippen LogP contribution is -2.37. The number of nitriles is 1. The summed E-state index contributed by atoms with van der Waals surface area (Å²) in [6.45, 7) is 4.67. The van der Waals surface area contributed by atoms with Gasteiger partial charge in [0, 0.05) is 29.2 Å². The summed E-state index contributed by atoms with van der Waals surface area (Å²) < 4.78 is 7.36. The fourth-order valence-corrected chi connectivity index (χ4v) is 3.55. The SMILES string of the molecule is CCC(NC)C(=O)Nc1ccc(C#Cc2c(C#N)c3ccc(OC)cc3n2CC)cc1. The van der Waals surface area contributed by atoms with Crippen molar-refractivity contribution in [2.75, 3.05) is 19.5 Å². The van der Waals surface area contributed by atoms with E-state index in [1.165, 1.54) is 0 Å². The van der Waals surface area contributed by atoms with Crippen molar-refractivity contribution in [3.63, 3.8) is 0 Å². The van der Waals surface area contributed by atoms with Gasteiger partial charge in [-0.2, -0.15) is 5.26 Å². The second-order valence-electron chi connectivity index (χ2n) is 7.03. The monoisotopic (exact) mass is 414 g/mol. The molecule has 31 heavy (non-hydrogen) atoms. The lowest BCUT2D eigenvalue weighted by atomic mass is 10.1. The maximum atomic E-state index is 12.2. The van der Waals surface area contributed by atoms with E-state index in [0.29, 0.717) is 24.2 Å². The lowest BCUT2D eigenvalue weighted by Gasteiger charge is -2.13. The van der Waals surface area contributed by atoms with Crippen molar-refractivity contribution < 1.29 is 9.53 Å². The number of nitrogens with one attached hydrogen (secondary N) is 2. The Labute approximate surface area is 182 Å². The maximum Gasteiger partial charge on any atom is 0.241 e. The van der Waals surface area contributed by atoms with E-state index in [9.17, 15) is 10.1 Å². The first-order valence-corrected chi connectivity index (χ1v) is 10.3. The zero-order valence-corrected chi connectivity index (χ0v) is 18.2. The maximum absolute atomic E-state index is 12.2. The Morgan fingerprint density at radius 2 is 1.90 bits per heavy atom. The third-order valence-corrected chi connectivity index (χ3v) is 5.25. The Morgan fingerprint density at radius 1 is 1.16 bits per heavy atom. The van der Waals surface area contributed by atoms with E-state index in [1.807, 2.05) is 60.9 Å². The molecule has 2 N–H and O–H groups in total. The topological polar surface area (TPSA) is 79.1 Å². The van der Waals surface area contributed by atoms with Gasteiger partial charge in [0.05, 0.1) is 24.2 Å². The molecule has 0 bridgehead atoms. The average molecular weight is 415 g/mol. The summed E-state index contributed by atoms with van der Waals surface area (Å²) >= 11 is 0. The molecule has 0 fully saturated rings. The van der Waals surface area contributed by atoms with Crippen molar-refractivity contribution in [1.82, 2.24) is 9.88 Å². The second-order valence-corrected chi connectivity index (χ2v) is 7.03. The number of likely N-dealkylation sites (N-methyl/N-ethyl adjacent to an activating group) is 1. The Kier molecular flexibility index (Phi) is 6.97. The highest BCUT2D eigenvalue weighted by molar-refractivity contribution is 5.94. The smallest absolute Gasteiger partial charge is 0.241 e. The molecule has 3 rings (SSSR count). The average Bonchev–Trinajstić information content (AvgIpc) is 3.10. The molecule has 1 aromatic heterocycles. The highest BCUT2D eigenvalue weighted by Gasteiger charge is 2.16. The van der Waals surface area contributed by atoms with Crippen molar-refractivity contribution in [2.24, 2.45) is 0 Å². The predicted octanol–water partition coefficient (Wildman–Crippen LogP) is 3.88. The normalized spacial score (nSPS) is 11.3. The van der Waals surface area contributed by atoms with Crippen LogP contribution in [-0.4, -0.2) is 30.7 Å². The van der Waals surface area contributed by atoms with Crippen LogP contribution in [0.3, 0.4) is 0 Å². The van der Waals surface area contributed by atoms with E-state index < -0.39 is 0 Å². The van der Waals surface area contributed by atoms with Gasteiger partial charge >= 0.3 is 0 Å². The lowest BCUT2D eigenvalue weighted by molar-refractivity contribution is -0.118. The summed E-state index contributed by atoms with van der Waals surface area (Å²) in [6.07, 6.45) is 0.713. The van der Waals surface area contributed by atoms with Crippen molar-refractivity contribution in [3.05, 3.63) is 59.3 Å². The number of benzene rings is 2. The van der Waals surface area contributed by atoms with E-state index in [0.717, 1.165) is 27.9 Å². The number of anilines is 1. The standard InChI is InChI=1S/C25H26N4O2/c1-5-22(27-3)25(30)28-18-10-7-17(8-11-18)9-14-23-21(16-26)20-13-12-19(31-4)15-24(20)29(23)6-2/h7-8,10-13,15,22,27H,5-6H2,1-4H3,(H,28,30). The number of carbonyl (C=O) groups excluding carboxylic acids is 1. The molecule has 1 amide bonds. The number of methoxy groups -OCH3 is 1. The fourth-order valence-electron chi connectivity index (χ4n) is 3.55. The molecule has 158 valence electrons. The summed E-state index contributed by atoms with van der Waals surface area (Å²) in [5.74, 6) is 7.00. The minimum absolute atomic E-state index is 0.0645. The van der Waals surface area contributed by atoms with Gasteiger partial charge in [-0.25, -0.2) is 0 Å². The van der Waals surface area contributed by atoms with E-state index in [4.69, 9.17) is 4.74 Å². The number of hydrogen-bond acceptors (Lipinski definition) is 4. The minimum atomic E-state index is -0.224. The van der Waals surface area contributed by atoms with Crippen LogP contribution in [-0.2, 0) is 11.3 Å². The van der Waals surface area contributed by atoms with Gasteiger partial charge in [0.25, 0.3) is 0 Å². The highest BCUT2D eigenvalue weighted by atomic mass is 16.5. The molecule has 0 saturated heterocycles. The third kappa shape index (κ3) is 4.55. The Morgan fingerprint density at radius 3 is 2.48 bits per heavy atom. The summed E-state index contributed by atoms with van der Waals surface area (Å²) in [5.41, 5.74) is 3.69. The van der Waals surface area contributed by atoms with Crippen LogP contribution in [0.2, 0.25) is 0 Å². The van der Waals surface area contributed by atoms with Gasteiger partial charge in [-0.1, -0.05) is 12.8 Å². The van der Waals surface area contributed by atoms with Gasteiger partial charge in [-0.05, 0) is 62.7 Å². The van der Waals surface area contributed by atoms with Gasteiger partial charge in [0.15, 0.2) is 0 Å². The molecule has 6 nitrogen and oxygen atoms in total. The molecule has 1 unspecified atom stereocenters. The Hall–Kier alpha value is -3.74. The molecule has 0 aliphatic rings. The predicted molar refractivity (Wildman–Crippen MR) is 123 cm³/mol. The number of ether oxygens (including phenoxy) is 1. The van der Waals surface area contributed by atoms with Gasteiger partial charge < -0.3 is 19.9 Å². The summed E-state index contributed by atoms with van der Waals surface area (Å²) in [5, 5.41) is 16.5. The van der Waals surface area contributed by atoms with Gasteiger partial charge in [0.1, 0.15) is 17.5 Å². The van der Waals surface area contributed by atoms with Crippen molar-refractivity contribution >= 4 is 22.5 Å². The molecule has 0 radical (unpaired) electrons. The van der Waals surface area contributed by atoms with Crippen LogP contribution < -0.4 is 15.4 Å². The summed E-state index contributed by atoms with van der Waals surface area (Å²) in [7, 11) is 3.40. The van der Waals surface area contributed by atoms with Gasteiger partial charge in [-0.3, -0.25) is 4.79 Å². The number of carbonyl (C=O) groups is 1. The molecular formula is C25H26N4O2. The van der Waals surface area contributed by atoms with Crippen LogP contribution in [0.4, 0.5) is 5.69 Å². The molecular weight excluding hydrogens is 388 g/mol. The van der Waals surface area contributed by atoms with Crippen LogP contribution in [0.25, 0.3) is 10.9 Å². The van der Waals surface area contributed by atoms with Gasteiger partial charge in [0.2, 0.25) is 5.91 Å².